The van der Waals surface area contributed by atoms with Crippen LogP contribution in [0.3, 0.4) is 0 Å². The van der Waals surface area contributed by atoms with Gasteiger partial charge in [0.1, 0.15) is 29.0 Å². The summed E-state index contributed by atoms with van der Waals surface area (Å²) in [4.78, 5) is 35.2. The number of nitrogens with zero attached hydrogens (tertiary/aromatic N) is 4. The molecule has 4 aromatic rings. The third-order valence-corrected chi connectivity index (χ3v) is 6.26. The third kappa shape index (κ3) is 4.22. The first-order chi connectivity index (χ1) is 17.7. The summed E-state index contributed by atoms with van der Waals surface area (Å²) in [6, 6.07) is 8.97. The number of hydrogen-bond donors (Lipinski definition) is 1. The molecule has 3 heterocycles. The van der Waals surface area contributed by atoms with Gasteiger partial charge < -0.3 is 24.1 Å². The summed E-state index contributed by atoms with van der Waals surface area (Å²) in [5.41, 5.74) is 1.16. The molecule has 13 heteroatoms. The van der Waals surface area contributed by atoms with Crippen molar-refractivity contribution in [3.63, 3.8) is 0 Å². The highest BCUT2D eigenvalue weighted by molar-refractivity contribution is 6.31. The van der Waals surface area contributed by atoms with E-state index in [9.17, 15) is 18.4 Å². The van der Waals surface area contributed by atoms with E-state index >= 15 is 0 Å². The molecule has 0 saturated heterocycles. The fourth-order valence-electron chi connectivity index (χ4n) is 4.28. The zero-order chi connectivity index (χ0) is 25.9. The highest BCUT2D eigenvalue weighted by atomic mass is 35.5. The Bertz CT molecular complexity index is 1620. The Kier molecular flexibility index (Phi) is 5.30. The number of carbonyl (C=O) groups excluding carboxylic acids is 1. The number of nitrogens with one attached hydrogen (secondary N) is 1. The summed E-state index contributed by atoms with van der Waals surface area (Å²) < 4.78 is 42.3. The molecule has 1 saturated carbocycles. The van der Waals surface area contributed by atoms with Crippen molar-refractivity contribution in [2.75, 3.05) is 12.0 Å². The van der Waals surface area contributed by atoms with Crippen molar-refractivity contribution >= 4 is 34.2 Å². The van der Waals surface area contributed by atoms with E-state index in [-0.39, 0.29) is 23.1 Å². The molecule has 2 aromatic carbocycles. The monoisotopic (exact) mass is 529 g/mol. The van der Waals surface area contributed by atoms with Gasteiger partial charge in [-0.25, -0.2) is 9.67 Å². The van der Waals surface area contributed by atoms with E-state index < -0.39 is 24.3 Å². The van der Waals surface area contributed by atoms with Gasteiger partial charge in [-0.15, -0.1) is 8.78 Å². The number of halogens is 3. The summed E-state index contributed by atoms with van der Waals surface area (Å²) in [6.07, 6.45) is -0.951. The van der Waals surface area contributed by atoms with Crippen molar-refractivity contribution in [1.82, 2.24) is 19.7 Å². The standard InChI is InChI=1S/C24H18ClF2N5O5/c1-35-16-7-12(6-13(25)8-16)20-21-22(29-11-28-21)23(34)31(30-20)10-19(33)32(14-2-3-14)15-4-5-17-18(9-15)37-24(26,27)36-17/h4-9,11,14H,2-3,10H2,1H3,(H,28,29). The molecule has 10 nitrogen and oxygen atoms in total. The summed E-state index contributed by atoms with van der Waals surface area (Å²) >= 11 is 6.24. The fraction of sp³-hybridized carbons (Fsp3) is 0.250. The number of aromatic nitrogens is 4. The lowest BCUT2D eigenvalue weighted by molar-refractivity contribution is -0.286. The van der Waals surface area contributed by atoms with Crippen LogP contribution in [0.2, 0.25) is 5.02 Å². The van der Waals surface area contributed by atoms with Gasteiger partial charge in [-0.05, 0) is 43.2 Å². The number of rotatable bonds is 6. The third-order valence-electron chi connectivity index (χ3n) is 6.04. The van der Waals surface area contributed by atoms with E-state index in [1.807, 2.05) is 0 Å². The van der Waals surface area contributed by atoms with Gasteiger partial charge in [0.2, 0.25) is 5.91 Å². The average molecular weight is 530 g/mol. The van der Waals surface area contributed by atoms with E-state index in [1.165, 1.54) is 36.5 Å². The number of H-pyrrole nitrogens is 1. The van der Waals surface area contributed by atoms with Crippen molar-refractivity contribution in [3.8, 4) is 28.5 Å². The topological polar surface area (TPSA) is 112 Å². The van der Waals surface area contributed by atoms with Gasteiger partial charge in [-0.1, -0.05) is 11.6 Å². The second-order valence-electron chi connectivity index (χ2n) is 8.61. The van der Waals surface area contributed by atoms with Crippen LogP contribution < -0.4 is 24.7 Å². The second kappa shape index (κ2) is 8.44. The van der Waals surface area contributed by atoms with Crippen molar-refractivity contribution in [1.29, 1.82) is 0 Å². The maximum Gasteiger partial charge on any atom is 0.586 e. The summed E-state index contributed by atoms with van der Waals surface area (Å²) in [5.74, 6) is -0.264. The summed E-state index contributed by atoms with van der Waals surface area (Å²) in [5, 5.41) is 4.84. The Morgan fingerprint density at radius 1 is 1.24 bits per heavy atom. The first-order valence-corrected chi connectivity index (χ1v) is 11.6. The van der Waals surface area contributed by atoms with Gasteiger partial charge in [0.05, 0.1) is 13.4 Å². The molecule has 37 heavy (non-hydrogen) atoms. The molecule has 1 aliphatic carbocycles. The molecule has 0 unspecified atom stereocenters. The number of methoxy groups -OCH3 is 1. The molecule has 2 aromatic heterocycles. The lowest BCUT2D eigenvalue weighted by Gasteiger charge is -2.23. The van der Waals surface area contributed by atoms with Gasteiger partial charge in [-0.3, -0.25) is 9.59 Å². The van der Waals surface area contributed by atoms with Gasteiger partial charge >= 0.3 is 6.29 Å². The SMILES string of the molecule is COc1cc(Cl)cc(-c2nn(CC(=O)N(c3ccc4c(c3)OC(F)(F)O4)C3CC3)c(=O)c3[nH]cnc23)c1. The van der Waals surface area contributed by atoms with Gasteiger partial charge in [-0.2, -0.15) is 5.10 Å². The Hall–Kier alpha value is -4.19. The molecule has 0 bridgehead atoms. The zero-order valence-corrected chi connectivity index (χ0v) is 20.0. The molecule has 2 aliphatic rings. The quantitative estimate of drug-likeness (QED) is 0.402. The largest absolute Gasteiger partial charge is 0.586 e. The molecule has 1 N–H and O–H groups in total. The second-order valence-corrected chi connectivity index (χ2v) is 9.05. The van der Waals surface area contributed by atoms with E-state index in [0.717, 1.165) is 17.5 Å². The van der Waals surface area contributed by atoms with Crippen LogP contribution >= 0.6 is 11.6 Å². The average Bonchev–Trinajstić information content (AvgIpc) is 3.45. The number of carbonyl (C=O) groups is 1. The zero-order valence-electron chi connectivity index (χ0n) is 19.2. The number of ether oxygens (including phenoxy) is 3. The molecule has 0 radical (unpaired) electrons. The first-order valence-electron chi connectivity index (χ1n) is 11.2. The first kappa shape index (κ1) is 23.2. The predicted octanol–water partition coefficient (Wildman–Crippen LogP) is 3.97. The number of fused-ring (bicyclic) bond motifs is 2. The fourth-order valence-corrected chi connectivity index (χ4v) is 4.51. The van der Waals surface area contributed by atoms with Crippen LogP contribution in [0.25, 0.3) is 22.3 Å². The van der Waals surface area contributed by atoms with Crippen LogP contribution in [0, 0.1) is 0 Å². The minimum Gasteiger partial charge on any atom is -0.497 e. The normalized spacial score (nSPS) is 15.7. The van der Waals surface area contributed by atoms with E-state index in [4.69, 9.17) is 16.3 Å². The van der Waals surface area contributed by atoms with Crippen LogP contribution in [0.4, 0.5) is 14.5 Å². The Morgan fingerprint density at radius 2 is 2.03 bits per heavy atom. The summed E-state index contributed by atoms with van der Waals surface area (Å²) in [7, 11) is 1.50. The van der Waals surface area contributed by atoms with Crippen molar-refractivity contribution in [3.05, 3.63) is 58.1 Å². The number of imidazole rings is 1. The van der Waals surface area contributed by atoms with E-state index in [2.05, 4.69) is 24.5 Å². The molecule has 6 rings (SSSR count). The van der Waals surface area contributed by atoms with Gasteiger partial charge in [0.25, 0.3) is 5.56 Å². The molecular weight excluding hydrogens is 512 g/mol. The van der Waals surface area contributed by atoms with Crippen molar-refractivity contribution < 1.29 is 27.8 Å². The molecular formula is C24H18ClF2N5O5. The van der Waals surface area contributed by atoms with Gasteiger partial charge in [0, 0.05) is 28.4 Å². The number of aromatic amines is 1. The Morgan fingerprint density at radius 3 is 2.78 bits per heavy atom. The van der Waals surface area contributed by atoms with Crippen LogP contribution in [0.1, 0.15) is 12.8 Å². The van der Waals surface area contributed by atoms with Crippen LogP contribution in [-0.2, 0) is 11.3 Å². The van der Waals surface area contributed by atoms with E-state index in [1.54, 1.807) is 18.2 Å². The number of benzene rings is 2. The lowest BCUT2D eigenvalue weighted by atomic mass is 10.1. The minimum atomic E-state index is -3.77. The maximum atomic E-state index is 13.5. The maximum absolute atomic E-state index is 13.5. The molecule has 1 fully saturated rings. The molecule has 1 aliphatic heterocycles. The van der Waals surface area contributed by atoms with Crippen LogP contribution in [0.15, 0.2) is 47.5 Å². The number of amides is 1. The van der Waals surface area contributed by atoms with Crippen molar-refractivity contribution in [2.45, 2.75) is 31.7 Å². The van der Waals surface area contributed by atoms with Crippen LogP contribution in [0.5, 0.6) is 17.2 Å². The Labute approximate surface area is 212 Å². The summed E-state index contributed by atoms with van der Waals surface area (Å²) in [6.45, 7) is -0.403. The highest BCUT2D eigenvalue weighted by Gasteiger charge is 2.44. The van der Waals surface area contributed by atoms with E-state index in [0.29, 0.717) is 33.2 Å². The highest BCUT2D eigenvalue weighted by Crippen LogP contribution is 2.44. The predicted molar refractivity (Wildman–Crippen MR) is 128 cm³/mol. The molecule has 0 spiro atoms. The number of anilines is 1. The van der Waals surface area contributed by atoms with Gasteiger partial charge in [0.15, 0.2) is 11.5 Å². The molecule has 190 valence electrons. The molecule has 1 amide bonds. The molecule has 0 atom stereocenters. The Balaban J connectivity index is 1.38. The lowest BCUT2D eigenvalue weighted by Crippen LogP contribution is -2.39. The number of alkyl halides is 2. The van der Waals surface area contributed by atoms with Crippen LogP contribution in [-0.4, -0.2) is 45.1 Å². The smallest absolute Gasteiger partial charge is 0.497 e. The minimum absolute atomic E-state index is 0.124. The van der Waals surface area contributed by atoms with Crippen molar-refractivity contribution in [2.24, 2.45) is 0 Å². The number of hydrogen-bond acceptors (Lipinski definition) is 7.